The minimum absolute atomic E-state index is 0.0297. The van der Waals surface area contributed by atoms with Crippen molar-refractivity contribution in [3.05, 3.63) is 63.2 Å². The van der Waals surface area contributed by atoms with Gasteiger partial charge in [0, 0.05) is 32.8 Å². The zero-order chi connectivity index (χ0) is 18.4. The van der Waals surface area contributed by atoms with Crippen molar-refractivity contribution in [2.45, 2.75) is 6.54 Å². The first-order valence-electron chi connectivity index (χ1n) is 7.46. The van der Waals surface area contributed by atoms with Gasteiger partial charge in [0.15, 0.2) is 6.61 Å². The minimum Gasteiger partial charge on any atom is -0.484 e. The van der Waals surface area contributed by atoms with E-state index in [4.69, 9.17) is 16.3 Å². The SMILES string of the molecule is CN(C)C(=O)COc1cccc(CNc2ccc([N+](=O)[O-])cc2Cl)c1. The van der Waals surface area contributed by atoms with Gasteiger partial charge in [0.25, 0.3) is 11.6 Å². The second-order valence-corrected chi connectivity index (χ2v) is 5.91. The molecule has 0 aliphatic carbocycles. The number of likely N-dealkylation sites (N-methyl/N-ethyl adjacent to an activating group) is 1. The van der Waals surface area contributed by atoms with Crippen molar-refractivity contribution >= 4 is 28.9 Å². The van der Waals surface area contributed by atoms with E-state index in [-0.39, 0.29) is 23.2 Å². The number of rotatable bonds is 7. The predicted molar refractivity (Wildman–Crippen MR) is 96.1 cm³/mol. The van der Waals surface area contributed by atoms with Gasteiger partial charge in [-0.15, -0.1) is 0 Å². The maximum atomic E-state index is 11.6. The molecule has 132 valence electrons. The van der Waals surface area contributed by atoms with E-state index in [1.807, 2.05) is 18.2 Å². The molecule has 8 heteroatoms. The van der Waals surface area contributed by atoms with Gasteiger partial charge in [-0.2, -0.15) is 0 Å². The van der Waals surface area contributed by atoms with Crippen LogP contribution in [0.2, 0.25) is 5.02 Å². The first-order valence-corrected chi connectivity index (χ1v) is 7.84. The van der Waals surface area contributed by atoms with Crippen molar-refractivity contribution in [1.82, 2.24) is 4.90 Å². The summed E-state index contributed by atoms with van der Waals surface area (Å²) in [6, 6.07) is 11.6. The highest BCUT2D eigenvalue weighted by Crippen LogP contribution is 2.27. The van der Waals surface area contributed by atoms with Crippen LogP contribution in [0.3, 0.4) is 0 Å². The molecule has 0 spiro atoms. The molecule has 7 nitrogen and oxygen atoms in total. The van der Waals surface area contributed by atoms with E-state index < -0.39 is 4.92 Å². The standard InChI is InChI=1S/C17H18ClN3O4/c1-20(2)17(22)11-25-14-5-3-4-12(8-14)10-19-16-7-6-13(21(23)24)9-15(16)18/h3-9,19H,10-11H2,1-2H3. The topological polar surface area (TPSA) is 84.7 Å². The summed E-state index contributed by atoms with van der Waals surface area (Å²) in [6.07, 6.45) is 0. The average Bonchev–Trinajstić information content (AvgIpc) is 2.58. The van der Waals surface area contributed by atoms with E-state index in [9.17, 15) is 14.9 Å². The van der Waals surface area contributed by atoms with Crippen molar-refractivity contribution in [2.75, 3.05) is 26.0 Å². The maximum absolute atomic E-state index is 11.6. The molecule has 0 radical (unpaired) electrons. The Hall–Kier alpha value is -2.80. The molecule has 1 amide bonds. The summed E-state index contributed by atoms with van der Waals surface area (Å²) in [5.74, 6) is 0.463. The number of amides is 1. The van der Waals surface area contributed by atoms with Gasteiger partial charge in [0.05, 0.1) is 15.6 Å². The molecule has 25 heavy (non-hydrogen) atoms. The largest absolute Gasteiger partial charge is 0.484 e. The summed E-state index contributed by atoms with van der Waals surface area (Å²) in [4.78, 5) is 23.2. The maximum Gasteiger partial charge on any atom is 0.271 e. The molecule has 2 aromatic carbocycles. The second kappa shape index (κ2) is 8.34. The highest BCUT2D eigenvalue weighted by molar-refractivity contribution is 6.33. The first-order chi connectivity index (χ1) is 11.9. The second-order valence-electron chi connectivity index (χ2n) is 5.50. The summed E-state index contributed by atoms with van der Waals surface area (Å²) in [7, 11) is 3.33. The highest BCUT2D eigenvalue weighted by Gasteiger charge is 2.09. The number of hydrogen-bond donors (Lipinski definition) is 1. The molecule has 2 rings (SSSR count). The Morgan fingerprint density at radius 3 is 2.68 bits per heavy atom. The molecule has 0 atom stereocenters. The van der Waals surface area contributed by atoms with Gasteiger partial charge in [-0.05, 0) is 23.8 Å². The van der Waals surface area contributed by atoms with Crippen molar-refractivity contribution in [1.29, 1.82) is 0 Å². The number of nitro groups is 1. The Bertz CT molecular complexity index is 780. The van der Waals surface area contributed by atoms with Crippen molar-refractivity contribution < 1.29 is 14.5 Å². The van der Waals surface area contributed by atoms with Crippen molar-refractivity contribution in [3.8, 4) is 5.75 Å². The Kier molecular flexibility index (Phi) is 6.19. The number of nitrogens with zero attached hydrogens (tertiary/aromatic N) is 2. The molecular weight excluding hydrogens is 346 g/mol. The summed E-state index contributed by atoms with van der Waals surface area (Å²) in [5, 5.41) is 14.1. The van der Waals surface area contributed by atoms with Crippen LogP contribution in [0, 0.1) is 10.1 Å². The minimum atomic E-state index is -0.495. The van der Waals surface area contributed by atoms with Crippen LogP contribution in [0.15, 0.2) is 42.5 Å². The van der Waals surface area contributed by atoms with Crippen LogP contribution in [-0.4, -0.2) is 36.4 Å². The number of halogens is 1. The molecular formula is C17H18ClN3O4. The molecule has 0 bridgehead atoms. The van der Waals surface area contributed by atoms with Crippen LogP contribution in [0.5, 0.6) is 5.75 Å². The lowest BCUT2D eigenvalue weighted by Gasteiger charge is -2.12. The number of ether oxygens (including phenoxy) is 1. The van der Waals surface area contributed by atoms with E-state index in [1.165, 1.54) is 17.0 Å². The fourth-order valence-electron chi connectivity index (χ4n) is 1.98. The Balaban J connectivity index is 1.98. The third-order valence-corrected chi connectivity index (χ3v) is 3.72. The van der Waals surface area contributed by atoms with Crippen LogP contribution in [0.25, 0.3) is 0 Å². The third-order valence-electron chi connectivity index (χ3n) is 3.41. The molecule has 2 aromatic rings. The number of carbonyl (C=O) groups is 1. The lowest BCUT2D eigenvalue weighted by Crippen LogP contribution is -2.27. The molecule has 0 saturated heterocycles. The van der Waals surface area contributed by atoms with Gasteiger partial charge in [-0.3, -0.25) is 14.9 Å². The zero-order valence-electron chi connectivity index (χ0n) is 13.9. The smallest absolute Gasteiger partial charge is 0.271 e. The van der Waals surface area contributed by atoms with Crippen LogP contribution in [-0.2, 0) is 11.3 Å². The lowest BCUT2D eigenvalue weighted by atomic mass is 10.2. The van der Waals surface area contributed by atoms with Crippen LogP contribution in [0.1, 0.15) is 5.56 Å². The fourth-order valence-corrected chi connectivity index (χ4v) is 2.22. The molecule has 0 fully saturated rings. The van der Waals surface area contributed by atoms with Gasteiger partial charge < -0.3 is 15.0 Å². The monoisotopic (exact) mass is 363 g/mol. The highest BCUT2D eigenvalue weighted by atomic mass is 35.5. The summed E-state index contributed by atoms with van der Waals surface area (Å²) in [6.45, 7) is 0.425. The quantitative estimate of drug-likeness (QED) is 0.602. The summed E-state index contributed by atoms with van der Waals surface area (Å²) >= 11 is 6.05. The third kappa shape index (κ3) is 5.36. The van der Waals surface area contributed by atoms with E-state index in [1.54, 1.807) is 26.2 Å². The number of nitrogens with one attached hydrogen (secondary N) is 1. The number of carbonyl (C=O) groups excluding carboxylic acids is 1. The normalized spacial score (nSPS) is 10.2. The van der Waals surface area contributed by atoms with Gasteiger partial charge in [-0.25, -0.2) is 0 Å². The molecule has 1 N–H and O–H groups in total. The first kappa shape index (κ1) is 18.5. The van der Waals surface area contributed by atoms with Crippen LogP contribution >= 0.6 is 11.6 Å². The number of nitro benzene ring substituents is 1. The Morgan fingerprint density at radius 1 is 1.28 bits per heavy atom. The van der Waals surface area contributed by atoms with Gasteiger partial charge in [0.1, 0.15) is 5.75 Å². The fraction of sp³-hybridized carbons (Fsp3) is 0.235. The molecule has 0 aromatic heterocycles. The number of non-ortho nitro benzene ring substituents is 1. The Morgan fingerprint density at radius 2 is 2.04 bits per heavy atom. The summed E-state index contributed by atoms with van der Waals surface area (Å²) in [5.41, 5.74) is 1.46. The van der Waals surface area contributed by atoms with Crippen LogP contribution < -0.4 is 10.1 Å². The van der Waals surface area contributed by atoms with Crippen molar-refractivity contribution in [3.63, 3.8) is 0 Å². The van der Waals surface area contributed by atoms with Crippen molar-refractivity contribution in [2.24, 2.45) is 0 Å². The van der Waals surface area contributed by atoms with Gasteiger partial charge >= 0.3 is 0 Å². The van der Waals surface area contributed by atoms with E-state index in [0.717, 1.165) is 5.56 Å². The molecule has 0 unspecified atom stereocenters. The number of hydrogen-bond acceptors (Lipinski definition) is 5. The molecule has 0 heterocycles. The number of benzene rings is 2. The Labute approximate surface area is 150 Å². The van der Waals surface area contributed by atoms with E-state index >= 15 is 0 Å². The predicted octanol–water partition coefficient (Wildman–Crippen LogP) is 3.33. The average molecular weight is 364 g/mol. The zero-order valence-corrected chi connectivity index (χ0v) is 14.6. The number of anilines is 1. The van der Waals surface area contributed by atoms with Gasteiger partial charge in [0.2, 0.25) is 0 Å². The summed E-state index contributed by atoms with van der Waals surface area (Å²) < 4.78 is 5.47. The van der Waals surface area contributed by atoms with Crippen LogP contribution in [0.4, 0.5) is 11.4 Å². The lowest BCUT2D eigenvalue weighted by molar-refractivity contribution is -0.384. The van der Waals surface area contributed by atoms with Gasteiger partial charge in [-0.1, -0.05) is 23.7 Å². The van der Waals surface area contributed by atoms with E-state index in [2.05, 4.69) is 5.32 Å². The molecule has 0 aliphatic heterocycles. The molecule has 0 saturated carbocycles. The van der Waals surface area contributed by atoms with E-state index in [0.29, 0.717) is 18.0 Å². The molecule has 0 aliphatic rings.